The van der Waals surface area contributed by atoms with Crippen molar-refractivity contribution in [3.05, 3.63) is 41.6 Å². The monoisotopic (exact) mass is 254 g/mol. The summed E-state index contributed by atoms with van der Waals surface area (Å²) in [5.74, 6) is -0.805. The number of carbonyl (C=O) groups is 1. The summed E-state index contributed by atoms with van der Waals surface area (Å²) >= 11 is 0. The van der Waals surface area contributed by atoms with E-state index in [0.29, 0.717) is 0 Å². The summed E-state index contributed by atoms with van der Waals surface area (Å²) in [6.07, 6.45) is -3.66. The van der Waals surface area contributed by atoms with Crippen molar-refractivity contribution < 1.29 is 18.0 Å². The quantitative estimate of drug-likeness (QED) is 0.850. The molecule has 1 N–H and O–H groups in total. The second-order valence-corrected chi connectivity index (χ2v) is 3.64. The van der Waals surface area contributed by atoms with Gasteiger partial charge in [-0.2, -0.15) is 13.2 Å². The van der Waals surface area contributed by atoms with Crippen molar-refractivity contribution in [2.24, 2.45) is 0 Å². The highest BCUT2D eigenvalue weighted by atomic mass is 19.4. The number of alkyl halides is 3. The van der Waals surface area contributed by atoms with Crippen LogP contribution in [0.15, 0.2) is 30.5 Å². The van der Waals surface area contributed by atoms with Gasteiger partial charge in [0.25, 0.3) is 5.91 Å². The van der Waals surface area contributed by atoms with E-state index in [1.54, 1.807) is 6.07 Å². The molecule has 0 saturated carbocycles. The minimum Gasteiger partial charge on any atom is -0.355 e. The van der Waals surface area contributed by atoms with Gasteiger partial charge in [-0.05, 0) is 6.07 Å². The first-order valence-corrected chi connectivity index (χ1v) is 5.12. The maximum absolute atomic E-state index is 13.1. The van der Waals surface area contributed by atoms with Crippen LogP contribution in [0.3, 0.4) is 0 Å². The summed E-state index contributed by atoms with van der Waals surface area (Å²) < 4.78 is 39.2. The number of fused-ring (bicyclic) bond motifs is 1. The third kappa shape index (κ3) is 2.01. The van der Waals surface area contributed by atoms with Crippen molar-refractivity contribution >= 4 is 16.8 Å². The molecule has 0 saturated heterocycles. The summed E-state index contributed by atoms with van der Waals surface area (Å²) in [5.41, 5.74) is -1.21. The van der Waals surface area contributed by atoms with Crippen molar-refractivity contribution in [3.63, 3.8) is 0 Å². The molecule has 1 aromatic heterocycles. The van der Waals surface area contributed by atoms with Gasteiger partial charge in [0.1, 0.15) is 0 Å². The number of para-hydroxylation sites is 1. The molecule has 0 fully saturated rings. The van der Waals surface area contributed by atoms with Crippen LogP contribution in [0, 0.1) is 0 Å². The molecule has 0 spiro atoms. The highest BCUT2D eigenvalue weighted by Crippen LogP contribution is 2.36. The average Bonchev–Trinajstić information content (AvgIpc) is 2.35. The average molecular weight is 254 g/mol. The highest BCUT2D eigenvalue weighted by Gasteiger charge is 2.37. The first-order valence-electron chi connectivity index (χ1n) is 5.12. The van der Waals surface area contributed by atoms with Gasteiger partial charge in [-0.15, -0.1) is 0 Å². The number of nitrogens with zero attached hydrogens (tertiary/aromatic N) is 1. The Kier molecular flexibility index (Phi) is 2.94. The Morgan fingerprint density at radius 1 is 1.28 bits per heavy atom. The van der Waals surface area contributed by atoms with E-state index in [0.717, 1.165) is 6.20 Å². The fraction of sp³-hybridized carbons (Fsp3) is 0.167. The summed E-state index contributed by atoms with van der Waals surface area (Å²) in [4.78, 5) is 15.3. The number of carbonyl (C=O) groups excluding carboxylic acids is 1. The molecule has 1 amide bonds. The maximum atomic E-state index is 13.1. The van der Waals surface area contributed by atoms with Gasteiger partial charge in [-0.25, -0.2) is 0 Å². The summed E-state index contributed by atoms with van der Waals surface area (Å²) in [6, 6.07) is 5.84. The zero-order valence-corrected chi connectivity index (χ0v) is 9.38. The maximum Gasteiger partial charge on any atom is 0.417 e. The zero-order chi connectivity index (χ0) is 13.3. The lowest BCUT2D eigenvalue weighted by Crippen LogP contribution is -2.23. The van der Waals surface area contributed by atoms with Crippen LogP contribution in [0.5, 0.6) is 0 Å². The third-order valence-corrected chi connectivity index (χ3v) is 2.53. The fourth-order valence-corrected chi connectivity index (χ4v) is 1.75. The van der Waals surface area contributed by atoms with E-state index in [1.807, 2.05) is 0 Å². The number of hydrogen-bond donors (Lipinski definition) is 1. The normalized spacial score (nSPS) is 11.6. The van der Waals surface area contributed by atoms with Gasteiger partial charge in [0, 0.05) is 18.6 Å². The molecule has 0 aliphatic rings. The number of nitrogens with one attached hydrogen (secondary N) is 1. The predicted molar refractivity (Wildman–Crippen MR) is 60.1 cm³/mol. The number of benzene rings is 1. The van der Waals surface area contributed by atoms with Crippen LogP contribution in [0.4, 0.5) is 13.2 Å². The van der Waals surface area contributed by atoms with Crippen molar-refractivity contribution in [1.82, 2.24) is 10.3 Å². The number of halogens is 3. The Hall–Kier alpha value is -2.11. The Morgan fingerprint density at radius 2 is 1.94 bits per heavy atom. The van der Waals surface area contributed by atoms with Gasteiger partial charge in [-0.1, -0.05) is 18.2 Å². The van der Waals surface area contributed by atoms with Crippen molar-refractivity contribution in [3.8, 4) is 0 Å². The zero-order valence-electron chi connectivity index (χ0n) is 9.38. The minimum absolute atomic E-state index is 0.0777. The summed E-state index contributed by atoms with van der Waals surface area (Å²) in [6.45, 7) is 0. The molecule has 0 aliphatic heterocycles. The molecule has 94 valence electrons. The van der Waals surface area contributed by atoms with Gasteiger partial charge < -0.3 is 5.32 Å². The van der Waals surface area contributed by atoms with Crippen LogP contribution in [-0.4, -0.2) is 17.9 Å². The van der Waals surface area contributed by atoms with Crippen molar-refractivity contribution in [1.29, 1.82) is 0 Å². The summed E-state index contributed by atoms with van der Waals surface area (Å²) in [5, 5.41) is 2.10. The lowest BCUT2D eigenvalue weighted by Gasteiger charge is -2.14. The van der Waals surface area contributed by atoms with Gasteiger partial charge in [0.15, 0.2) is 0 Å². The SMILES string of the molecule is CNC(=O)c1cnc2ccccc2c1C(F)(F)F. The Morgan fingerprint density at radius 3 is 2.56 bits per heavy atom. The van der Waals surface area contributed by atoms with E-state index in [2.05, 4.69) is 10.3 Å². The van der Waals surface area contributed by atoms with Gasteiger partial charge in [0.2, 0.25) is 0 Å². The van der Waals surface area contributed by atoms with E-state index in [-0.39, 0.29) is 10.9 Å². The van der Waals surface area contributed by atoms with Crippen LogP contribution in [0.1, 0.15) is 15.9 Å². The second kappa shape index (κ2) is 4.29. The topological polar surface area (TPSA) is 42.0 Å². The molecule has 2 rings (SSSR count). The Labute approximate surface area is 101 Å². The molecule has 0 radical (unpaired) electrons. The van der Waals surface area contributed by atoms with E-state index >= 15 is 0 Å². The lowest BCUT2D eigenvalue weighted by molar-refractivity contribution is -0.136. The van der Waals surface area contributed by atoms with Gasteiger partial charge in [0.05, 0.1) is 16.6 Å². The van der Waals surface area contributed by atoms with Crippen LogP contribution >= 0.6 is 0 Å². The van der Waals surface area contributed by atoms with E-state index in [1.165, 1.54) is 25.2 Å². The van der Waals surface area contributed by atoms with Crippen LogP contribution in [-0.2, 0) is 6.18 Å². The number of amides is 1. The molecule has 1 aromatic carbocycles. The Bertz CT molecular complexity index is 608. The number of rotatable bonds is 1. The van der Waals surface area contributed by atoms with Crippen molar-refractivity contribution in [2.75, 3.05) is 7.05 Å². The lowest BCUT2D eigenvalue weighted by atomic mass is 10.0. The fourth-order valence-electron chi connectivity index (χ4n) is 1.75. The van der Waals surface area contributed by atoms with E-state index in [9.17, 15) is 18.0 Å². The predicted octanol–water partition coefficient (Wildman–Crippen LogP) is 2.61. The number of hydrogen-bond acceptors (Lipinski definition) is 2. The van der Waals surface area contributed by atoms with Crippen LogP contribution in [0.2, 0.25) is 0 Å². The molecule has 2 aromatic rings. The molecular weight excluding hydrogens is 245 g/mol. The Balaban J connectivity index is 2.84. The highest BCUT2D eigenvalue weighted by molar-refractivity contribution is 6.00. The second-order valence-electron chi connectivity index (χ2n) is 3.64. The molecular formula is C12H9F3N2O. The molecule has 3 nitrogen and oxygen atoms in total. The third-order valence-electron chi connectivity index (χ3n) is 2.53. The van der Waals surface area contributed by atoms with Gasteiger partial charge >= 0.3 is 6.18 Å². The van der Waals surface area contributed by atoms with E-state index < -0.39 is 23.2 Å². The first-order chi connectivity index (χ1) is 8.45. The van der Waals surface area contributed by atoms with Crippen molar-refractivity contribution in [2.45, 2.75) is 6.18 Å². The van der Waals surface area contributed by atoms with Crippen LogP contribution < -0.4 is 5.32 Å². The smallest absolute Gasteiger partial charge is 0.355 e. The minimum atomic E-state index is -4.61. The molecule has 0 unspecified atom stereocenters. The van der Waals surface area contributed by atoms with Crippen LogP contribution in [0.25, 0.3) is 10.9 Å². The standard InChI is InChI=1S/C12H9F3N2O/c1-16-11(18)8-6-17-9-5-3-2-4-7(9)10(8)12(13,14)15/h2-6H,1H3,(H,16,18). The number of pyridine rings is 1. The molecule has 0 aliphatic carbocycles. The summed E-state index contributed by atoms with van der Waals surface area (Å²) in [7, 11) is 1.28. The molecule has 1 heterocycles. The first kappa shape index (κ1) is 12.3. The number of aromatic nitrogens is 1. The van der Waals surface area contributed by atoms with Gasteiger partial charge in [-0.3, -0.25) is 9.78 Å². The van der Waals surface area contributed by atoms with E-state index in [4.69, 9.17) is 0 Å². The molecule has 0 bridgehead atoms. The molecule has 0 atom stereocenters. The largest absolute Gasteiger partial charge is 0.417 e. The molecule has 6 heteroatoms. The molecule has 18 heavy (non-hydrogen) atoms.